The third-order valence-electron chi connectivity index (χ3n) is 3.98. The fourth-order valence-corrected chi connectivity index (χ4v) is 2.12. The minimum atomic E-state index is -1.02. The number of carboxylic acids is 1. The molecule has 3 amide bonds. The van der Waals surface area contributed by atoms with E-state index in [0.29, 0.717) is 12.1 Å². The highest BCUT2D eigenvalue weighted by molar-refractivity contribution is 6.01. The normalized spacial score (nSPS) is 13.0. The summed E-state index contributed by atoms with van der Waals surface area (Å²) in [4.78, 5) is 34.7. The van der Waals surface area contributed by atoms with Crippen LogP contribution in [-0.2, 0) is 9.59 Å². The monoisotopic (exact) mass is 335 g/mol. The fourth-order valence-electron chi connectivity index (χ4n) is 2.12. The molecule has 0 heterocycles. The number of hydrogen-bond acceptors (Lipinski definition) is 4. The number of hydrogen-bond donors (Lipinski definition) is 4. The Bertz CT molecular complexity index is 616. The average Bonchev–Trinajstić information content (AvgIpc) is 2.50. The van der Waals surface area contributed by atoms with E-state index in [9.17, 15) is 14.4 Å². The maximum atomic E-state index is 11.8. The molecule has 0 radical (unpaired) electrons. The van der Waals surface area contributed by atoms with Crippen molar-refractivity contribution in [1.82, 2.24) is 10.6 Å². The van der Waals surface area contributed by atoms with E-state index in [2.05, 4.69) is 16.0 Å². The summed E-state index contributed by atoms with van der Waals surface area (Å²) in [5, 5.41) is 16.5. The Morgan fingerprint density at radius 2 is 1.83 bits per heavy atom. The summed E-state index contributed by atoms with van der Waals surface area (Å²) >= 11 is 0. The Morgan fingerprint density at radius 1 is 1.17 bits per heavy atom. The number of nitrogens with one attached hydrogen (secondary N) is 3. The highest BCUT2D eigenvalue weighted by Crippen LogP contribution is 2.13. The number of carbonyl (C=O) groups is 3. The minimum absolute atomic E-state index is 0.125. The van der Waals surface area contributed by atoms with E-state index in [4.69, 9.17) is 5.11 Å². The van der Waals surface area contributed by atoms with Gasteiger partial charge in [0.15, 0.2) is 0 Å². The van der Waals surface area contributed by atoms with Gasteiger partial charge in [-0.15, -0.1) is 0 Å². The number of imide groups is 1. The second-order valence-corrected chi connectivity index (χ2v) is 5.88. The van der Waals surface area contributed by atoms with Crippen molar-refractivity contribution in [2.24, 2.45) is 5.92 Å². The quantitative estimate of drug-likeness (QED) is 0.610. The first kappa shape index (κ1) is 19.6. The molecule has 0 aliphatic carbocycles. The smallest absolute Gasteiger partial charge is 0.325 e. The van der Waals surface area contributed by atoms with Crippen LogP contribution in [0.4, 0.5) is 10.5 Å². The Balaban J connectivity index is 2.50. The van der Waals surface area contributed by atoms with Gasteiger partial charge in [-0.1, -0.05) is 26.3 Å². The molecule has 0 bridgehead atoms. The standard InChI is InChI=1S/C17H25N3O4/c1-5-10(2)15(16(22)23)18-9-14(21)20-17(24)19-13-7-6-11(3)12(4)8-13/h6-8,10,15,18H,5,9H2,1-4H3,(H,22,23)(H2,19,20,21,24)/t10-,15-/m0/s1. The molecule has 1 aromatic carbocycles. The minimum Gasteiger partial charge on any atom is -0.480 e. The predicted octanol–water partition coefficient (Wildman–Crippen LogP) is 2.04. The second kappa shape index (κ2) is 9.02. The second-order valence-electron chi connectivity index (χ2n) is 5.88. The van der Waals surface area contributed by atoms with E-state index in [1.165, 1.54) is 0 Å². The first-order chi connectivity index (χ1) is 11.2. The van der Waals surface area contributed by atoms with Gasteiger partial charge in [-0.05, 0) is 43.0 Å². The number of aryl methyl sites for hydroxylation is 2. The summed E-state index contributed by atoms with van der Waals surface area (Å²) in [6, 6.07) is 3.94. The number of amides is 3. The van der Waals surface area contributed by atoms with Gasteiger partial charge >= 0.3 is 12.0 Å². The maximum absolute atomic E-state index is 11.8. The predicted molar refractivity (Wildman–Crippen MR) is 92.0 cm³/mol. The van der Waals surface area contributed by atoms with Crippen LogP contribution in [0.1, 0.15) is 31.4 Å². The van der Waals surface area contributed by atoms with Crippen LogP contribution in [0.25, 0.3) is 0 Å². The van der Waals surface area contributed by atoms with Gasteiger partial charge in [-0.25, -0.2) is 4.79 Å². The van der Waals surface area contributed by atoms with Crippen molar-refractivity contribution in [2.45, 2.75) is 40.2 Å². The lowest BCUT2D eigenvalue weighted by Gasteiger charge is -2.19. The molecule has 4 N–H and O–H groups in total. The van der Waals surface area contributed by atoms with Gasteiger partial charge < -0.3 is 10.4 Å². The van der Waals surface area contributed by atoms with Crippen LogP contribution in [-0.4, -0.2) is 35.6 Å². The van der Waals surface area contributed by atoms with Crippen molar-refractivity contribution in [3.63, 3.8) is 0 Å². The Hall–Kier alpha value is -2.41. The molecule has 0 saturated carbocycles. The summed E-state index contributed by atoms with van der Waals surface area (Å²) in [6.45, 7) is 7.30. The summed E-state index contributed by atoms with van der Waals surface area (Å²) in [7, 11) is 0. The molecule has 0 fully saturated rings. The van der Waals surface area contributed by atoms with Gasteiger partial charge in [0.2, 0.25) is 5.91 Å². The Morgan fingerprint density at radius 3 is 2.38 bits per heavy atom. The molecule has 0 aromatic heterocycles. The molecule has 0 aliphatic rings. The molecular formula is C17H25N3O4. The van der Waals surface area contributed by atoms with Crippen molar-refractivity contribution in [1.29, 1.82) is 0 Å². The SMILES string of the molecule is CC[C@H](C)[C@H](NCC(=O)NC(=O)Nc1ccc(C)c(C)c1)C(=O)O. The zero-order valence-corrected chi connectivity index (χ0v) is 14.5. The summed E-state index contributed by atoms with van der Waals surface area (Å²) in [5.74, 6) is -1.73. The van der Waals surface area contributed by atoms with Crippen molar-refractivity contribution in [3.05, 3.63) is 29.3 Å². The number of carboxylic acid groups (broad SMARTS) is 1. The van der Waals surface area contributed by atoms with E-state index in [1.54, 1.807) is 19.1 Å². The fraction of sp³-hybridized carbons (Fsp3) is 0.471. The lowest BCUT2D eigenvalue weighted by atomic mass is 9.99. The largest absolute Gasteiger partial charge is 0.480 e. The molecule has 24 heavy (non-hydrogen) atoms. The van der Waals surface area contributed by atoms with Crippen LogP contribution < -0.4 is 16.0 Å². The molecule has 1 aromatic rings. The van der Waals surface area contributed by atoms with Crippen molar-refractivity contribution >= 4 is 23.6 Å². The van der Waals surface area contributed by atoms with Crippen LogP contribution in [0.3, 0.4) is 0 Å². The number of aliphatic carboxylic acids is 1. The Kier molecular flexibility index (Phi) is 7.38. The zero-order valence-electron chi connectivity index (χ0n) is 14.5. The summed E-state index contributed by atoms with van der Waals surface area (Å²) < 4.78 is 0. The van der Waals surface area contributed by atoms with Crippen molar-refractivity contribution in [2.75, 3.05) is 11.9 Å². The molecule has 0 spiro atoms. The first-order valence-corrected chi connectivity index (χ1v) is 7.88. The molecule has 1 rings (SSSR count). The molecule has 2 atom stereocenters. The number of anilines is 1. The first-order valence-electron chi connectivity index (χ1n) is 7.88. The lowest BCUT2D eigenvalue weighted by molar-refractivity contribution is -0.140. The van der Waals surface area contributed by atoms with Crippen LogP contribution in [0.15, 0.2) is 18.2 Å². The van der Waals surface area contributed by atoms with Gasteiger partial charge in [-0.3, -0.25) is 20.2 Å². The van der Waals surface area contributed by atoms with Crippen molar-refractivity contribution in [3.8, 4) is 0 Å². The van der Waals surface area contributed by atoms with Gasteiger partial charge in [0.25, 0.3) is 0 Å². The third-order valence-corrected chi connectivity index (χ3v) is 3.98. The van der Waals surface area contributed by atoms with E-state index in [0.717, 1.165) is 11.1 Å². The Labute approximate surface area is 141 Å². The third kappa shape index (κ3) is 6.00. The summed E-state index contributed by atoms with van der Waals surface area (Å²) in [5.41, 5.74) is 2.71. The van der Waals surface area contributed by atoms with Crippen molar-refractivity contribution < 1.29 is 19.5 Å². The van der Waals surface area contributed by atoms with Crippen LogP contribution >= 0.6 is 0 Å². The highest BCUT2D eigenvalue weighted by atomic mass is 16.4. The van der Waals surface area contributed by atoms with Crippen LogP contribution in [0.2, 0.25) is 0 Å². The summed E-state index contributed by atoms with van der Waals surface area (Å²) in [6.07, 6.45) is 0.666. The molecule has 132 valence electrons. The van der Waals surface area contributed by atoms with Gasteiger partial charge in [0.1, 0.15) is 6.04 Å². The number of rotatable bonds is 7. The van der Waals surface area contributed by atoms with Gasteiger partial charge in [0, 0.05) is 5.69 Å². The molecule has 7 heteroatoms. The maximum Gasteiger partial charge on any atom is 0.325 e. The number of urea groups is 1. The molecule has 0 unspecified atom stereocenters. The van der Waals surface area contributed by atoms with Crippen LogP contribution in [0, 0.1) is 19.8 Å². The molecule has 7 nitrogen and oxygen atoms in total. The van der Waals surface area contributed by atoms with E-state index in [-0.39, 0.29) is 12.5 Å². The van der Waals surface area contributed by atoms with E-state index < -0.39 is 23.9 Å². The molecule has 0 aliphatic heterocycles. The van der Waals surface area contributed by atoms with Crippen LogP contribution in [0.5, 0.6) is 0 Å². The number of carbonyl (C=O) groups excluding carboxylic acids is 2. The van der Waals surface area contributed by atoms with E-state index in [1.807, 2.05) is 26.8 Å². The molecular weight excluding hydrogens is 310 g/mol. The number of benzene rings is 1. The van der Waals surface area contributed by atoms with E-state index >= 15 is 0 Å². The highest BCUT2D eigenvalue weighted by Gasteiger charge is 2.23. The average molecular weight is 335 g/mol. The van der Waals surface area contributed by atoms with Gasteiger partial charge in [0.05, 0.1) is 6.54 Å². The lowest BCUT2D eigenvalue weighted by Crippen LogP contribution is -2.47. The van der Waals surface area contributed by atoms with Gasteiger partial charge in [-0.2, -0.15) is 0 Å². The zero-order chi connectivity index (χ0) is 18.3. The molecule has 0 saturated heterocycles. The topological polar surface area (TPSA) is 108 Å².